The van der Waals surface area contributed by atoms with Crippen LogP contribution in [0.3, 0.4) is 0 Å². The second-order valence-corrected chi connectivity index (χ2v) is 7.35. The molecule has 0 aliphatic heterocycles. The van der Waals surface area contributed by atoms with Gasteiger partial charge >= 0.3 is 0 Å². The maximum atomic E-state index is 13.3. The lowest BCUT2D eigenvalue weighted by Gasteiger charge is -2.09. The molecule has 0 bridgehead atoms. The molecule has 30 heavy (non-hydrogen) atoms. The molecule has 0 saturated heterocycles. The number of hydrogen-bond donors (Lipinski definition) is 1. The van der Waals surface area contributed by atoms with Crippen LogP contribution < -0.4 is 0 Å². The van der Waals surface area contributed by atoms with Crippen molar-refractivity contribution in [3.05, 3.63) is 98.7 Å². The first-order valence-electron chi connectivity index (χ1n) is 8.82. The number of benzene rings is 3. The highest BCUT2D eigenvalue weighted by Gasteiger charge is 2.24. The molecular weight excluding hydrogens is 402 g/mol. The van der Waals surface area contributed by atoms with E-state index in [1.54, 1.807) is 0 Å². The fourth-order valence-electron chi connectivity index (χ4n) is 2.93. The summed E-state index contributed by atoms with van der Waals surface area (Å²) in [6.07, 6.45) is 0. The molecule has 0 radical (unpaired) electrons. The second-order valence-electron chi connectivity index (χ2n) is 6.32. The molecule has 8 heteroatoms. The Morgan fingerprint density at radius 1 is 0.800 bits per heavy atom. The maximum Gasteiger partial charge on any atom is 0.199 e. The largest absolute Gasteiger partial charge is 0.506 e. The highest BCUT2D eigenvalue weighted by atomic mass is 32.1. The fourth-order valence-corrected chi connectivity index (χ4v) is 3.94. The molecule has 0 unspecified atom stereocenters. The molecule has 4 rings (SSSR count). The molecule has 146 valence electrons. The number of hydrogen-bond acceptors (Lipinski definition) is 8. The van der Waals surface area contributed by atoms with E-state index >= 15 is 0 Å². The van der Waals surface area contributed by atoms with Gasteiger partial charge in [0.1, 0.15) is 27.7 Å². The van der Waals surface area contributed by atoms with Gasteiger partial charge in [-0.2, -0.15) is 0 Å². The Hall–Kier alpha value is -4.04. The number of nitroso groups, excluding NO2 is 2. The Morgan fingerprint density at radius 2 is 1.37 bits per heavy atom. The number of rotatable bonds is 6. The minimum atomic E-state index is -0.457. The van der Waals surface area contributed by atoms with Gasteiger partial charge in [0.05, 0.1) is 10.2 Å². The number of allylic oxidation sites excluding steroid dienone is 1. The predicted octanol–water partition coefficient (Wildman–Crippen LogP) is 6.40. The summed E-state index contributed by atoms with van der Waals surface area (Å²) < 4.78 is 0.867. The number of nitrogens with zero attached hydrogens (tertiary/aromatic N) is 3. The van der Waals surface area contributed by atoms with Crippen molar-refractivity contribution >= 4 is 50.0 Å². The van der Waals surface area contributed by atoms with E-state index in [1.807, 2.05) is 24.3 Å². The van der Waals surface area contributed by atoms with Crippen molar-refractivity contribution in [2.45, 2.75) is 0 Å². The van der Waals surface area contributed by atoms with Crippen LogP contribution >= 0.6 is 11.3 Å². The van der Waals surface area contributed by atoms with Crippen LogP contribution in [0, 0.1) is 9.81 Å². The number of fused-ring (bicyclic) bond motifs is 1. The molecular formula is C22H13N3O4S. The number of aliphatic hydroxyl groups excluding tert-OH is 1. The number of Topliss-reactive ketones (excluding diaryl/α,β-unsaturated/α-hetero) is 1. The minimum Gasteiger partial charge on any atom is -0.506 e. The number of thiazole rings is 1. The summed E-state index contributed by atoms with van der Waals surface area (Å²) in [5.74, 6) is -0.726. The monoisotopic (exact) mass is 415 g/mol. The molecule has 7 nitrogen and oxygen atoms in total. The molecule has 0 saturated carbocycles. The molecule has 1 heterocycles. The van der Waals surface area contributed by atoms with E-state index in [9.17, 15) is 19.7 Å². The van der Waals surface area contributed by atoms with Crippen LogP contribution in [0.4, 0.5) is 11.4 Å². The van der Waals surface area contributed by atoms with E-state index in [2.05, 4.69) is 15.3 Å². The highest BCUT2D eigenvalue weighted by Crippen LogP contribution is 2.34. The average Bonchev–Trinajstić information content (AvgIpc) is 3.22. The van der Waals surface area contributed by atoms with E-state index in [1.165, 1.54) is 59.9 Å². The molecule has 0 fully saturated rings. The van der Waals surface area contributed by atoms with Gasteiger partial charge in [0.15, 0.2) is 5.78 Å². The fraction of sp³-hybridized carbons (Fsp3) is 0. The van der Waals surface area contributed by atoms with Gasteiger partial charge < -0.3 is 5.11 Å². The van der Waals surface area contributed by atoms with Crippen molar-refractivity contribution in [3.8, 4) is 0 Å². The summed E-state index contributed by atoms with van der Waals surface area (Å²) >= 11 is 1.28. The minimum absolute atomic E-state index is 0.0230. The average molecular weight is 415 g/mol. The molecule has 0 atom stereocenters. The SMILES string of the molecule is O=Nc1ccc(C(=O)C(=C(O)c2ccc(N=O)cc2)c2nc3ccccc3s2)cc1. The quantitative estimate of drug-likeness (QED) is 0.170. The van der Waals surface area contributed by atoms with E-state index in [4.69, 9.17) is 0 Å². The Labute approximate surface area is 174 Å². The van der Waals surface area contributed by atoms with Gasteiger partial charge in [-0.3, -0.25) is 4.79 Å². The third-order valence-corrected chi connectivity index (χ3v) is 5.51. The summed E-state index contributed by atoms with van der Waals surface area (Å²) in [6, 6.07) is 19.1. The zero-order valence-corrected chi connectivity index (χ0v) is 16.2. The normalized spacial score (nSPS) is 11.7. The summed E-state index contributed by atoms with van der Waals surface area (Å²) in [5.41, 5.74) is 1.74. The van der Waals surface area contributed by atoms with Gasteiger partial charge in [-0.15, -0.1) is 21.2 Å². The van der Waals surface area contributed by atoms with Crippen molar-refractivity contribution in [1.29, 1.82) is 0 Å². The third kappa shape index (κ3) is 3.63. The number of carbonyl (C=O) groups is 1. The van der Waals surface area contributed by atoms with Gasteiger partial charge in [0, 0.05) is 11.1 Å². The van der Waals surface area contributed by atoms with E-state index < -0.39 is 5.78 Å². The first kappa shape index (κ1) is 19.3. The van der Waals surface area contributed by atoms with Crippen LogP contribution in [0.15, 0.2) is 83.2 Å². The first-order chi connectivity index (χ1) is 14.6. The molecule has 0 amide bonds. The maximum absolute atomic E-state index is 13.3. The van der Waals surface area contributed by atoms with E-state index in [-0.39, 0.29) is 28.3 Å². The standard InChI is InChI=1S/C22H13N3O4S/c26-20(13-5-9-15(24-28)10-6-13)19(21(27)14-7-11-16(25-29)12-8-14)22-23-17-3-1-2-4-18(17)30-22/h1-12,26H. The molecule has 0 aliphatic carbocycles. The zero-order chi connectivity index (χ0) is 21.1. The van der Waals surface area contributed by atoms with Gasteiger partial charge in [-0.1, -0.05) is 12.1 Å². The van der Waals surface area contributed by atoms with Gasteiger partial charge in [0.2, 0.25) is 0 Å². The topological polar surface area (TPSA) is 109 Å². The summed E-state index contributed by atoms with van der Waals surface area (Å²) in [6.45, 7) is 0. The van der Waals surface area contributed by atoms with Crippen LogP contribution in [0.1, 0.15) is 20.9 Å². The van der Waals surface area contributed by atoms with Crippen molar-refractivity contribution in [2.75, 3.05) is 0 Å². The highest BCUT2D eigenvalue weighted by molar-refractivity contribution is 7.20. The van der Waals surface area contributed by atoms with Crippen molar-refractivity contribution in [1.82, 2.24) is 4.98 Å². The van der Waals surface area contributed by atoms with Crippen LogP contribution in [0.25, 0.3) is 21.5 Å². The molecule has 0 spiro atoms. The Morgan fingerprint density at radius 3 is 1.93 bits per heavy atom. The van der Waals surface area contributed by atoms with Gasteiger partial charge in [0.25, 0.3) is 0 Å². The number of para-hydroxylation sites is 1. The van der Waals surface area contributed by atoms with Gasteiger partial charge in [-0.25, -0.2) is 4.98 Å². The zero-order valence-electron chi connectivity index (χ0n) is 15.4. The summed E-state index contributed by atoms with van der Waals surface area (Å²) in [7, 11) is 0. The Bertz CT molecular complexity index is 1260. The number of ketones is 1. The predicted molar refractivity (Wildman–Crippen MR) is 117 cm³/mol. The number of carbonyl (C=O) groups excluding carboxylic acids is 1. The van der Waals surface area contributed by atoms with E-state index in [0.717, 1.165) is 4.70 Å². The molecule has 1 aromatic heterocycles. The third-order valence-electron chi connectivity index (χ3n) is 4.45. The van der Waals surface area contributed by atoms with Crippen LogP contribution in [0.2, 0.25) is 0 Å². The van der Waals surface area contributed by atoms with Crippen LogP contribution in [-0.2, 0) is 0 Å². The van der Waals surface area contributed by atoms with Crippen LogP contribution in [0.5, 0.6) is 0 Å². The number of aliphatic hydroxyl groups is 1. The lowest BCUT2D eigenvalue weighted by atomic mass is 9.99. The smallest absolute Gasteiger partial charge is 0.199 e. The van der Waals surface area contributed by atoms with Gasteiger partial charge in [-0.05, 0) is 71.0 Å². The van der Waals surface area contributed by atoms with Crippen LogP contribution in [-0.4, -0.2) is 15.9 Å². The lowest BCUT2D eigenvalue weighted by molar-refractivity contribution is 0.105. The first-order valence-corrected chi connectivity index (χ1v) is 9.63. The molecule has 4 aromatic rings. The lowest BCUT2D eigenvalue weighted by Crippen LogP contribution is -2.06. The summed E-state index contributed by atoms with van der Waals surface area (Å²) in [4.78, 5) is 39.2. The van der Waals surface area contributed by atoms with Crippen molar-refractivity contribution < 1.29 is 9.90 Å². The number of aromatic nitrogens is 1. The van der Waals surface area contributed by atoms with Crippen molar-refractivity contribution in [3.63, 3.8) is 0 Å². The molecule has 1 N–H and O–H groups in total. The second kappa shape index (κ2) is 8.14. The Kier molecular flexibility index (Phi) is 5.23. The van der Waals surface area contributed by atoms with Crippen molar-refractivity contribution in [2.24, 2.45) is 10.4 Å². The summed E-state index contributed by atoms with van der Waals surface area (Å²) in [5, 5.41) is 17.0. The Balaban J connectivity index is 1.89. The van der Waals surface area contributed by atoms with E-state index in [0.29, 0.717) is 16.1 Å². The molecule has 3 aromatic carbocycles. The molecule has 0 aliphatic rings.